The maximum Gasteiger partial charge on any atom is 0.228 e. The van der Waals surface area contributed by atoms with Gasteiger partial charge in [-0.25, -0.2) is 4.98 Å². The predicted octanol–water partition coefficient (Wildman–Crippen LogP) is 2.89. The second-order valence-electron chi connectivity index (χ2n) is 4.61. The summed E-state index contributed by atoms with van der Waals surface area (Å²) in [5, 5.41) is 4.02. The van der Waals surface area contributed by atoms with Crippen LogP contribution >= 0.6 is 0 Å². The van der Waals surface area contributed by atoms with Crippen LogP contribution in [0, 0.1) is 12.8 Å². The Morgan fingerprint density at radius 2 is 2.12 bits per heavy atom. The lowest BCUT2D eigenvalue weighted by molar-refractivity contribution is -0.117. The van der Waals surface area contributed by atoms with Crippen LogP contribution in [0.1, 0.15) is 18.4 Å². The minimum Gasteiger partial charge on any atom is -0.310 e. The molecule has 0 saturated heterocycles. The summed E-state index contributed by atoms with van der Waals surface area (Å²) in [6, 6.07) is 9.91. The molecule has 3 nitrogen and oxygen atoms in total. The summed E-state index contributed by atoms with van der Waals surface area (Å²) in [5.74, 6) is 0.980. The van der Waals surface area contributed by atoms with Gasteiger partial charge in [-0.15, -0.1) is 0 Å². The Morgan fingerprint density at radius 3 is 2.88 bits per heavy atom. The normalized spacial score (nSPS) is 14.9. The number of aromatic nitrogens is 1. The highest BCUT2D eigenvalue weighted by molar-refractivity contribution is 5.95. The quantitative estimate of drug-likeness (QED) is 0.855. The third kappa shape index (κ3) is 2.00. The van der Waals surface area contributed by atoms with Crippen LogP contribution in [0.4, 0.5) is 5.82 Å². The number of nitrogens with zero attached hydrogens (tertiary/aromatic N) is 1. The second kappa shape index (κ2) is 3.84. The predicted molar refractivity (Wildman–Crippen MR) is 67.8 cm³/mol. The highest BCUT2D eigenvalue weighted by Gasteiger charge is 2.29. The lowest BCUT2D eigenvalue weighted by atomic mass is 10.1. The summed E-state index contributed by atoms with van der Waals surface area (Å²) in [5.41, 5.74) is 2.07. The van der Waals surface area contributed by atoms with Gasteiger partial charge in [-0.05, 0) is 37.5 Å². The van der Waals surface area contributed by atoms with Crippen LogP contribution in [0.2, 0.25) is 0 Å². The molecule has 0 aliphatic heterocycles. The molecule has 1 N–H and O–H groups in total. The van der Waals surface area contributed by atoms with Crippen molar-refractivity contribution in [1.29, 1.82) is 0 Å². The molecule has 1 aromatic carbocycles. The van der Waals surface area contributed by atoms with Gasteiger partial charge in [0, 0.05) is 11.3 Å². The molecule has 1 amide bonds. The lowest BCUT2D eigenvalue weighted by Crippen LogP contribution is -2.14. The van der Waals surface area contributed by atoms with Gasteiger partial charge in [-0.3, -0.25) is 4.79 Å². The van der Waals surface area contributed by atoms with Crippen molar-refractivity contribution in [3.05, 3.63) is 35.9 Å². The lowest BCUT2D eigenvalue weighted by Gasteiger charge is -2.07. The van der Waals surface area contributed by atoms with Crippen LogP contribution in [0.3, 0.4) is 0 Å². The fraction of sp³-hybridized carbons (Fsp3) is 0.286. The first-order chi connectivity index (χ1) is 8.24. The molecule has 3 rings (SSSR count). The number of pyridine rings is 1. The summed E-state index contributed by atoms with van der Waals surface area (Å²) >= 11 is 0. The first-order valence-electron chi connectivity index (χ1n) is 5.91. The Morgan fingerprint density at radius 1 is 1.35 bits per heavy atom. The fourth-order valence-corrected chi connectivity index (χ4v) is 1.99. The molecule has 1 fully saturated rings. The van der Waals surface area contributed by atoms with E-state index < -0.39 is 0 Å². The van der Waals surface area contributed by atoms with Gasteiger partial charge in [-0.1, -0.05) is 18.2 Å². The van der Waals surface area contributed by atoms with Gasteiger partial charge in [0.2, 0.25) is 5.91 Å². The van der Waals surface area contributed by atoms with E-state index in [0.29, 0.717) is 5.82 Å². The van der Waals surface area contributed by atoms with Gasteiger partial charge < -0.3 is 5.32 Å². The van der Waals surface area contributed by atoms with E-state index in [4.69, 9.17) is 0 Å². The first kappa shape index (κ1) is 10.3. The average molecular weight is 226 g/mol. The molecular formula is C14H14N2O. The fourth-order valence-electron chi connectivity index (χ4n) is 1.99. The molecule has 1 saturated carbocycles. The number of para-hydroxylation sites is 1. The Labute approximate surface area is 99.9 Å². The molecule has 0 bridgehead atoms. The zero-order valence-electron chi connectivity index (χ0n) is 9.73. The Balaban J connectivity index is 1.97. The number of rotatable bonds is 2. The summed E-state index contributed by atoms with van der Waals surface area (Å²) in [7, 11) is 0. The largest absolute Gasteiger partial charge is 0.310 e. The zero-order valence-corrected chi connectivity index (χ0v) is 9.73. The summed E-state index contributed by atoms with van der Waals surface area (Å²) < 4.78 is 0. The number of hydrogen-bond donors (Lipinski definition) is 1. The molecular weight excluding hydrogens is 212 g/mol. The SMILES string of the molecule is Cc1cc(NC(=O)C2CC2)nc2ccccc12. The van der Waals surface area contributed by atoms with E-state index in [1.54, 1.807) is 0 Å². The van der Waals surface area contributed by atoms with Crippen molar-refractivity contribution in [2.24, 2.45) is 5.92 Å². The standard InChI is InChI=1S/C14H14N2O/c1-9-8-13(16-14(17)10-6-7-10)15-12-5-3-2-4-11(9)12/h2-5,8,10H,6-7H2,1H3,(H,15,16,17). The minimum atomic E-state index is 0.104. The van der Waals surface area contributed by atoms with Crippen molar-refractivity contribution in [2.75, 3.05) is 5.32 Å². The number of hydrogen-bond acceptors (Lipinski definition) is 2. The highest BCUT2D eigenvalue weighted by atomic mass is 16.2. The van der Waals surface area contributed by atoms with Crippen LogP contribution in [-0.2, 0) is 4.79 Å². The third-order valence-corrected chi connectivity index (χ3v) is 3.12. The van der Waals surface area contributed by atoms with E-state index in [-0.39, 0.29) is 11.8 Å². The maximum absolute atomic E-state index is 11.7. The minimum absolute atomic E-state index is 0.104. The van der Waals surface area contributed by atoms with Gasteiger partial charge in [-0.2, -0.15) is 0 Å². The number of benzene rings is 1. The summed E-state index contributed by atoms with van der Waals surface area (Å²) in [6.07, 6.45) is 2.02. The zero-order chi connectivity index (χ0) is 11.8. The summed E-state index contributed by atoms with van der Waals surface area (Å²) in [4.78, 5) is 16.1. The Bertz CT molecular complexity index is 588. The Hall–Kier alpha value is -1.90. The van der Waals surface area contributed by atoms with E-state index >= 15 is 0 Å². The molecule has 3 heteroatoms. The summed E-state index contributed by atoms with van der Waals surface area (Å²) in [6.45, 7) is 2.04. The maximum atomic E-state index is 11.7. The van der Waals surface area contributed by atoms with Crippen LogP contribution in [0.15, 0.2) is 30.3 Å². The topological polar surface area (TPSA) is 42.0 Å². The van der Waals surface area contributed by atoms with Gasteiger partial charge in [0.25, 0.3) is 0 Å². The van der Waals surface area contributed by atoms with Crippen LogP contribution in [0.25, 0.3) is 10.9 Å². The molecule has 0 atom stereocenters. The van der Waals surface area contributed by atoms with Crippen molar-refractivity contribution in [3.63, 3.8) is 0 Å². The molecule has 86 valence electrons. The van der Waals surface area contributed by atoms with Gasteiger partial charge in [0.05, 0.1) is 5.52 Å². The number of aryl methyl sites for hydroxylation is 1. The number of carbonyl (C=O) groups excluding carboxylic acids is 1. The second-order valence-corrected chi connectivity index (χ2v) is 4.61. The molecule has 0 unspecified atom stereocenters. The Kier molecular flexibility index (Phi) is 2.32. The molecule has 0 radical (unpaired) electrons. The first-order valence-corrected chi connectivity index (χ1v) is 5.91. The molecule has 17 heavy (non-hydrogen) atoms. The number of anilines is 1. The van der Waals surface area contributed by atoms with Gasteiger partial charge in [0.15, 0.2) is 0 Å². The monoisotopic (exact) mass is 226 g/mol. The van der Waals surface area contributed by atoms with Crippen LogP contribution in [-0.4, -0.2) is 10.9 Å². The van der Waals surface area contributed by atoms with E-state index in [0.717, 1.165) is 29.3 Å². The number of carbonyl (C=O) groups is 1. The van der Waals surface area contributed by atoms with Crippen molar-refractivity contribution in [2.45, 2.75) is 19.8 Å². The highest BCUT2D eigenvalue weighted by Crippen LogP contribution is 2.30. The van der Waals surface area contributed by atoms with E-state index in [2.05, 4.69) is 10.3 Å². The van der Waals surface area contributed by atoms with Gasteiger partial charge in [0.1, 0.15) is 5.82 Å². The third-order valence-electron chi connectivity index (χ3n) is 3.12. The molecule has 0 spiro atoms. The molecule has 1 aromatic heterocycles. The molecule has 1 heterocycles. The van der Waals surface area contributed by atoms with Crippen molar-refractivity contribution < 1.29 is 4.79 Å². The number of amides is 1. The van der Waals surface area contributed by atoms with Crippen LogP contribution < -0.4 is 5.32 Å². The average Bonchev–Trinajstić information content (AvgIpc) is 3.13. The molecule has 1 aliphatic carbocycles. The number of nitrogens with one attached hydrogen (secondary N) is 1. The van der Waals surface area contributed by atoms with Crippen molar-refractivity contribution in [3.8, 4) is 0 Å². The van der Waals surface area contributed by atoms with E-state index in [1.165, 1.54) is 0 Å². The van der Waals surface area contributed by atoms with E-state index in [1.807, 2.05) is 37.3 Å². The van der Waals surface area contributed by atoms with Crippen LogP contribution in [0.5, 0.6) is 0 Å². The van der Waals surface area contributed by atoms with Crippen molar-refractivity contribution in [1.82, 2.24) is 4.98 Å². The smallest absolute Gasteiger partial charge is 0.228 e. The van der Waals surface area contributed by atoms with Gasteiger partial charge >= 0.3 is 0 Å². The number of fused-ring (bicyclic) bond motifs is 1. The molecule has 1 aliphatic rings. The van der Waals surface area contributed by atoms with E-state index in [9.17, 15) is 4.79 Å². The van der Waals surface area contributed by atoms with Crippen molar-refractivity contribution >= 4 is 22.6 Å². The molecule has 2 aromatic rings.